The molecule has 3 heteroatoms. The zero-order valence-electron chi connectivity index (χ0n) is 11.5. The van der Waals surface area contributed by atoms with E-state index in [1.54, 1.807) is 0 Å². The summed E-state index contributed by atoms with van der Waals surface area (Å²) >= 11 is 0. The monoisotopic (exact) mass is 268 g/mol. The first-order valence-electron chi connectivity index (χ1n) is 7.06. The van der Waals surface area contributed by atoms with E-state index in [9.17, 15) is 0 Å². The number of benzene rings is 2. The Balaban J connectivity index is 1.69. The van der Waals surface area contributed by atoms with Gasteiger partial charge in [0.1, 0.15) is 12.4 Å². The van der Waals surface area contributed by atoms with Crippen LogP contribution in [-0.2, 0) is 6.54 Å². The molecule has 1 atom stereocenters. The second kappa shape index (κ2) is 6.07. The molecule has 1 aliphatic rings. The Hall–Kier alpha value is -1.84. The van der Waals surface area contributed by atoms with Gasteiger partial charge in [-0.15, -0.1) is 0 Å². The van der Waals surface area contributed by atoms with Gasteiger partial charge in [-0.25, -0.2) is 0 Å². The summed E-state index contributed by atoms with van der Waals surface area (Å²) in [4.78, 5) is 2.36. The van der Waals surface area contributed by atoms with E-state index in [1.165, 1.54) is 11.1 Å². The number of para-hydroxylation sites is 1. The molecule has 1 heterocycles. The summed E-state index contributed by atoms with van der Waals surface area (Å²) in [6.07, 6.45) is 0. The maximum atomic E-state index is 6.31. The normalized spacial score (nSPS) is 16.9. The fourth-order valence-corrected chi connectivity index (χ4v) is 2.62. The van der Waals surface area contributed by atoms with E-state index < -0.39 is 0 Å². The third-order valence-corrected chi connectivity index (χ3v) is 3.71. The Labute approximate surface area is 120 Å². The molecule has 0 radical (unpaired) electrons. The Kier molecular flexibility index (Phi) is 4.00. The Morgan fingerprint density at radius 3 is 2.65 bits per heavy atom. The molecule has 0 fully saturated rings. The molecule has 2 N–H and O–H groups in total. The van der Waals surface area contributed by atoms with Crippen molar-refractivity contribution in [3.05, 3.63) is 65.7 Å². The molecule has 2 aromatic rings. The fourth-order valence-electron chi connectivity index (χ4n) is 2.62. The molecule has 0 spiro atoms. The molecule has 0 saturated carbocycles. The van der Waals surface area contributed by atoms with E-state index >= 15 is 0 Å². The second-order valence-corrected chi connectivity index (χ2v) is 5.21. The minimum atomic E-state index is 0.0430. The Bertz CT molecular complexity index is 556. The number of rotatable bonds is 3. The van der Waals surface area contributed by atoms with Gasteiger partial charge in [-0.3, -0.25) is 4.90 Å². The lowest BCUT2D eigenvalue weighted by Gasteiger charge is -2.23. The predicted octanol–water partition coefficient (Wildman–Crippen LogP) is 2.58. The van der Waals surface area contributed by atoms with Crippen LogP contribution < -0.4 is 10.5 Å². The fraction of sp³-hybridized carbons (Fsp3) is 0.294. The van der Waals surface area contributed by atoms with Gasteiger partial charge in [0.05, 0.1) is 0 Å². The van der Waals surface area contributed by atoms with E-state index in [2.05, 4.69) is 29.2 Å². The first kappa shape index (κ1) is 13.2. The zero-order valence-corrected chi connectivity index (χ0v) is 11.5. The third-order valence-electron chi connectivity index (χ3n) is 3.71. The highest BCUT2D eigenvalue weighted by Crippen LogP contribution is 2.23. The summed E-state index contributed by atoms with van der Waals surface area (Å²) in [5, 5.41) is 0. The van der Waals surface area contributed by atoms with E-state index in [1.807, 2.05) is 30.3 Å². The molecule has 0 saturated heterocycles. The van der Waals surface area contributed by atoms with Crippen LogP contribution in [0.1, 0.15) is 17.2 Å². The highest BCUT2D eigenvalue weighted by atomic mass is 16.5. The van der Waals surface area contributed by atoms with Crippen LogP contribution in [0.3, 0.4) is 0 Å². The quantitative estimate of drug-likeness (QED) is 0.930. The van der Waals surface area contributed by atoms with Crippen LogP contribution >= 0.6 is 0 Å². The maximum absolute atomic E-state index is 6.31. The SMILES string of the molecule is NC(CN1CCOc2ccccc2C1)c1ccccc1. The summed E-state index contributed by atoms with van der Waals surface area (Å²) < 4.78 is 5.78. The number of ether oxygens (including phenoxy) is 1. The molecule has 0 bridgehead atoms. The first-order chi connectivity index (χ1) is 9.83. The van der Waals surface area contributed by atoms with Crippen molar-refractivity contribution in [2.24, 2.45) is 5.73 Å². The van der Waals surface area contributed by atoms with Crippen molar-refractivity contribution in [2.45, 2.75) is 12.6 Å². The van der Waals surface area contributed by atoms with Crippen molar-refractivity contribution in [3.63, 3.8) is 0 Å². The largest absolute Gasteiger partial charge is 0.492 e. The van der Waals surface area contributed by atoms with E-state index in [4.69, 9.17) is 10.5 Å². The first-order valence-corrected chi connectivity index (χ1v) is 7.06. The Morgan fingerprint density at radius 2 is 1.80 bits per heavy atom. The summed E-state index contributed by atoms with van der Waals surface area (Å²) in [5.74, 6) is 1.00. The van der Waals surface area contributed by atoms with Crippen LogP contribution in [0.15, 0.2) is 54.6 Å². The van der Waals surface area contributed by atoms with Gasteiger partial charge < -0.3 is 10.5 Å². The van der Waals surface area contributed by atoms with Crippen molar-refractivity contribution >= 4 is 0 Å². The van der Waals surface area contributed by atoms with Gasteiger partial charge in [0.25, 0.3) is 0 Å². The van der Waals surface area contributed by atoms with Crippen LogP contribution in [0.5, 0.6) is 5.75 Å². The van der Waals surface area contributed by atoms with Crippen LogP contribution in [0.2, 0.25) is 0 Å². The zero-order chi connectivity index (χ0) is 13.8. The van der Waals surface area contributed by atoms with Crippen LogP contribution in [-0.4, -0.2) is 24.6 Å². The van der Waals surface area contributed by atoms with Gasteiger partial charge >= 0.3 is 0 Å². The minimum Gasteiger partial charge on any atom is -0.492 e. The molecule has 0 aromatic heterocycles. The molecular formula is C17H20N2O. The topological polar surface area (TPSA) is 38.5 Å². The van der Waals surface area contributed by atoms with Gasteiger partial charge in [0, 0.05) is 31.2 Å². The average molecular weight is 268 g/mol. The van der Waals surface area contributed by atoms with Crippen molar-refractivity contribution in [1.82, 2.24) is 4.90 Å². The van der Waals surface area contributed by atoms with Crippen LogP contribution in [0.4, 0.5) is 0 Å². The number of fused-ring (bicyclic) bond motifs is 1. The summed E-state index contributed by atoms with van der Waals surface area (Å²) in [6, 6.07) is 18.6. The van der Waals surface area contributed by atoms with Crippen LogP contribution in [0.25, 0.3) is 0 Å². The van der Waals surface area contributed by atoms with Gasteiger partial charge in [-0.2, -0.15) is 0 Å². The van der Waals surface area contributed by atoms with Crippen molar-refractivity contribution in [3.8, 4) is 5.75 Å². The molecule has 20 heavy (non-hydrogen) atoms. The van der Waals surface area contributed by atoms with Gasteiger partial charge in [0.2, 0.25) is 0 Å². The molecule has 2 aromatic carbocycles. The standard InChI is InChI=1S/C17H20N2O/c18-16(14-6-2-1-3-7-14)13-19-10-11-20-17-9-5-4-8-15(17)12-19/h1-9,16H,10-13,18H2. The average Bonchev–Trinajstić information content (AvgIpc) is 2.69. The molecule has 1 aliphatic heterocycles. The van der Waals surface area contributed by atoms with Crippen molar-refractivity contribution in [2.75, 3.05) is 19.7 Å². The number of hydrogen-bond acceptors (Lipinski definition) is 3. The number of nitrogens with two attached hydrogens (primary N) is 1. The highest BCUT2D eigenvalue weighted by molar-refractivity contribution is 5.33. The summed E-state index contributed by atoms with van der Waals surface area (Å²) in [6.45, 7) is 3.38. The minimum absolute atomic E-state index is 0.0430. The molecule has 3 rings (SSSR count). The van der Waals surface area contributed by atoms with Gasteiger partial charge in [0.15, 0.2) is 0 Å². The molecule has 0 aliphatic carbocycles. The second-order valence-electron chi connectivity index (χ2n) is 5.21. The van der Waals surface area contributed by atoms with E-state index in [0.29, 0.717) is 0 Å². The third kappa shape index (κ3) is 3.00. The lowest BCUT2D eigenvalue weighted by molar-refractivity contribution is 0.216. The molecule has 3 nitrogen and oxygen atoms in total. The summed E-state index contributed by atoms with van der Waals surface area (Å²) in [7, 11) is 0. The lowest BCUT2D eigenvalue weighted by atomic mass is 10.1. The highest BCUT2D eigenvalue weighted by Gasteiger charge is 2.17. The number of hydrogen-bond donors (Lipinski definition) is 1. The van der Waals surface area contributed by atoms with Crippen LogP contribution in [0, 0.1) is 0 Å². The molecule has 104 valence electrons. The molecule has 0 amide bonds. The van der Waals surface area contributed by atoms with E-state index in [0.717, 1.165) is 32.0 Å². The van der Waals surface area contributed by atoms with Crippen molar-refractivity contribution < 1.29 is 4.74 Å². The summed E-state index contributed by atoms with van der Waals surface area (Å²) in [5.41, 5.74) is 8.74. The Morgan fingerprint density at radius 1 is 1.05 bits per heavy atom. The van der Waals surface area contributed by atoms with E-state index in [-0.39, 0.29) is 6.04 Å². The maximum Gasteiger partial charge on any atom is 0.123 e. The smallest absolute Gasteiger partial charge is 0.123 e. The predicted molar refractivity (Wildman–Crippen MR) is 80.6 cm³/mol. The van der Waals surface area contributed by atoms with Crippen molar-refractivity contribution in [1.29, 1.82) is 0 Å². The van der Waals surface area contributed by atoms with Gasteiger partial charge in [-0.1, -0.05) is 48.5 Å². The van der Waals surface area contributed by atoms with Gasteiger partial charge in [-0.05, 0) is 11.6 Å². The molecule has 1 unspecified atom stereocenters. The lowest BCUT2D eigenvalue weighted by Crippen LogP contribution is -2.33. The molecular weight excluding hydrogens is 248 g/mol. The number of nitrogens with zero attached hydrogens (tertiary/aromatic N) is 1.